The molecule has 0 aliphatic rings. The van der Waals surface area contributed by atoms with Crippen LogP contribution in [-0.2, 0) is 6.42 Å². The molecule has 2 aromatic rings. The number of urea groups is 1. The van der Waals surface area contributed by atoms with Crippen LogP contribution in [0, 0.1) is 0 Å². The minimum absolute atomic E-state index is 0.355. The average molecular weight is 265 g/mol. The molecule has 6 heteroatoms. The number of hydrogen-bond acceptors (Lipinski definition) is 2. The second kappa shape index (κ2) is 5.55. The molecule has 0 atom stereocenters. The summed E-state index contributed by atoms with van der Waals surface area (Å²) in [6.07, 6.45) is 0.838. The Morgan fingerprint density at radius 2 is 2.22 bits per heavy atom. The van der Waals surface area contributed by atoms with Crippen LogP contribution in [-0.4, -0.2) is 16.2 Å². The van der Waals surface area contributed by atoms with Crippen molar-refractivity contribution in [3.05, 3.63) is 41.0 Å². The number of halogens is 1. The molecule has 2 amide bonds. The summed E-state index contributed by atoms with van der Waals surface area (Å²) in [4.78, 5) is 11.7. The first-order chi connectivity index (χ1) is 8.67. The minimum atomic E-state index is -0.355. The van der Waals surface area contributed by atoms with Gasteiger partial charge in [0.1, 0.15) is 0 Å². The number of rotatable bonds is 3. The van der Waals surface area contributed by atoms with Crippen LogP contribution in [0.5, 0.6) is 0 Å². The van der Waals surface area contributed by atoms with E-state index in [-0.39, 0.29) is 6.03 Å². The van der Waals surface area contributed by atoms with Gasteiger partial charge in [-0.1, -0.05) is 24.6 Å². The zero-order valence-corrected chi connectivity index (χ0v) is 10.6. The van der Waals surface area contributed by atoms with Crippen LogP contribution in [0.2, 0.25) is 5.02 Å². The number of aryl methyl sites for hydroxylation is 1. The molecular formula is C12H13ClN4O. The molecule has 0 saturated carbocycles. The van der Waals surface area contributed by atoms with Crippen molar-refractivity contribution in [1.82, 2.24) is 10.2 Å². The number of aromatic nitrogens is 2. The summed E-state index contributed by atoms with van der Waals surface area (Å²) in [7, 11) is 0. The third kappa shape index (κ3) is 3.24. The van der Waals surface area contributed by atoms with Crippen LogP contribution >= 0.6 is 11.6 Å². The van der Waals surface area contributed by atoms with Crippen molar-refractivity contribution < 1.29 is 4.79 Å². The van der Waals surface area contributed by atoms with Gasteiger partial charge < -0.3 is 5.32 Å². The number of benzene rings is 1. The monoisotopic (exact) mass is 264 g/mol. The average Bonchev–Trinajstić information content (AvgIpc) is 2.76. The number of carbonyl (C=O) groups excluding carboxylic acids is 1. The molecule has 18 heavy (non-hydrogen) atoms. The molecule has 2 rings (SSSR count). The van der Waals surface area contributed by atoms with E-state index in [0.717, 1.165) is 12.1 Å². The van der Waals surface area contributed by atoms with Gasteiger partial charge in [0.25, 0.3) is 0 Å². The zero-order valence-electron chi connectivity index (χ0n) is 9.83. The van der Waals surface area contributed by atoms with E-state index < -0.39 is 0 Å². The van der Waals surface area contributed by atoms with E-state index in [1.807, 2.05) is 6.92 Å². The van der Waals surface area contributed by atoms with Crippen LogP contribution < -0.4 is 10.6 Å². The van der Waals surface area contributed by atoms with Gasteiger partial charge in [-0.05, 0) is 24.6 Å². The first-order valence-electron chi connectivity index (χ1n) is 5.55. The van der Waals surface area contributed by atoms with Gasteiger partial charge in [-0.2, -0.15) is 5.10 Å². The third-order valence-electron chi connectivity index (χ3n) is 2.34. The summed E-state index contributed by atoms with van der Waals surface area (Å²) in [6.45, 7) is 2.00. The molecule has 0 saturated heterocycles. The molecule has 1 heterocycles. The number of hydrogen-bond donors (Lipinski definition) is 3. The van der Waals surface area contributed by atoms with Gasteiger partial charge in [-0.15, -0.1) is 0 Å². The Morgan fingerprint density at radius 3 is 2.89 bits per heavy atom. The van der Waals surface area contributed by atoms with Crippen LogP contribution in [0.1, 0.15) is 12.6 Å². The van der Waals surface area contributed by atoms with E-state index in [4.69, 9.17) is 11.6 Å². The number of nitrogens with zero attached hydrogens (tertiary/aromatic N) is 1. The van der Waals surface area contributed by atoms with E-state index in [2.05, 4.69) is 20.8 Å². The maximum absolute atomic E-state index is 11.7. The summed E-state index contributed by atoms with van der Waals surface area (Å²) in [5.74, 6) is 0.492. The molecule has 0 radical (unpaired) electrons. The molecule has 94 valence electrons. The molecule has 0 fully saturated rings. The fourth-order valence-electron chi connectivity index (χ4n) is 1.45. The number of amides is 2. The van der Waals surface area contributed by atoms with E-state index in [1.165, 1.54) is 0 Å². The number of anilines is 2. The highest BCUT2D eigenvalue weighted by Gasteiger charge is 2.05. The van der Waals surface area contributed by atoms with Crippen molar-refractivity contribution in [3.8, 4) is 0 Å². The van der Waals surface area contributed by atoms with Crippen LogP contribution in [0.4, 0.5) is 16.3 Å². The highest BCUT2D eigenvalue weighted by molar-refractivity contribution is 6.30. The number of aromatic amines is 1. The quantitative estimate of drug-likeness (QED) is 0.796. The van der Waals surface area contributed by atoms with Gasteiger partial charge in [-0.25, -0.2) is 4.79 Å². The predicted molar refractivity (Wildman–Crippen MR) is 72.1 cm³/mol. The molecule has 1 aromatic heterocycles. The number of carbonyl (C=O) groups is 1. The van der Waals surface area contributed by atoms with Crippen molar-refractivity contribution in [3.63, 3.8) is 0 Å². The second-order valence-corrected chi connectivity index (χ2v) is 4.16. The normalized spacial score (nSPS) is 10.1. The maximum atomic E-state index is 11.7. The van der Waals surface area contributed by atoms with Gasteiger partial charge in [0.05, 0.1) is 0 Å². The lowest BCUT2D eigenvalue weighted by atomic mass is 10.3. The largest absolute Gasteiger partial charge is 0.324 e. The van der Waals surface area contributed by atoms with Crippen molar-refractivity contribution >= 4 is 29.1 Å². The topological polar surface area (TPSA) is 69.8 Å². The first kappa shape index (κ1) is 12.4. The highest BCUT2D eigenvalue weighted by Crippen LogP contribution is 2.15. The number of nitrogens with one attached hydrogen (secondary N) is 3. The van der Waals surface area contributed by atoms with E-state index in [0.29, 0.717) is 16.5 Å². The fourth-order valence-corrected chi connectivity index (χ4v) is 1.64. The van der Waals surface area contributed by atoms with E-state index >= 15 is 0 Å². The molecule has 1 aromatic carbocycles. The summed E-state index contributed by atoms with van der Waals surface area (Å²) in [5.41, 5.74) is 1.60. The van der Waals surface area contributed by atoms with Gasteiger partial charge >= 0.3 is 6.03 Å². The zero-order chi connectivity index (χ0) is 13.0. The Balaban J connectivity index is 1.96. The third-order valence-corrected chi connectivity index (χ3v) is 2.57. The second-order valence-electron chi connectivity index (χ2n) is 3.72. The van der Waals surface area contributed by atoms with Crippen molar-refractivity contribution in [2.24, 2.45) is 0 Å². The van der Waals surface area contributed by atoms with Crippen LogP contribution in [0.25, 0.3) is 0 Å². The molecule has 0 bridgehead atoms. The number of H-pyrrole nitrogens is 1. The highest BCUT2D eigenvalue weighted by atomic mass is 35.5. The minimum Gasteiger partial charge on any atom is -0.308 e. The van der Waals surface area contributed by atoms with Crippen molar-refractivity contribution in [1.29, 1.82) is 0 Å². The van der Waals surface area contributed by atoms with E-state index in [1.54, 1.807) is 30.3 Å². The van der Waals surface area contributed by atoms with Crippen molar-refractivity contribution in [2.45, 2.75) is 13.3 Å². The Hall–Kier alpha value is -2.01. The van der Waals surface area contributed by atoms with Crippen LogP contribution in [0.15, 0.2) is 30.3 Å². The molecule has 0 aliphatic heterocycles. The SMILES string of the molecule is CCc1cc(NC(=O)Nc2cccc(Cl)c2)n[nH]1. The molecule has 5 nitrogen and oxygen atoms in total. The Morgan fingerprint density at radius 1 is 1.39 bits per heavy atom. The maximum Gasteiger partial charge on any atom is 0.324 e. The molecule has 3 N–H and O–H groups in total. The van der Waals surface area contributed by atoms with Gasteiger partial charge in [0.2, 0.25) is 0 Å². The van der Waals surface area contributed by atoms with E-state index in [9.17, 15) is 4.79 Å². The lowest BCUT2D eigenvalue weighted by Crippen LogP contribution is -2.19. The Kier molecular flexibility index (Phi) is 3.84. The van der Waals surface area contributed by atoms with Gasteiger partial charge in [0.15, 0.2) is 5.82 Å². The van der Waals surface area contributed by atoms with Gasteiger partial charge in [0, 0.05) is 22.5 Å². The summed E-state index contributed by atoms with van der Waals surface area (Å²) in [5, 5.41) is 12.7. The Bertz CT molecular complexity index is 553. The smallest absolute Gasteiger partial charge is 0.308 e. The molecule has 0 aliphatic carbocycles. The molecular weight excluding hydrogens is 252 g/mol. The summed E-state index contributed by atoms with van der Waals surface area (Å²) >= 11 is 5.82. The lowest BCUT2D eigenvalue weighted by Gasteiger charge is -2.05. The fraction of sp³-hybridized carbons (Fsp3) is 0.167. The first-order valence-corrected chi connectivity index (χ1v) is 5.93. The lowest BCUT2D eigenvalue weighted by molar-refractivity contribution is 0.262. The molecule has 0 spiro atoms. The summed E-state index contributed by atoms with van der Waals surface area (Å²) < 4.78 is 0. The predicted octanol–water partition coefficient (Wildman–Crippen LogP) is 3.27. The standard InChI is InChI=1S/C12H13ClN4O/c1-2-9-7-11(17-16-9)15-12(18)14-10-5-3-4-8(13)6-10/h3-7H,2H2,1H3,(H3,14,15,16,17,18). The van der Waals surface area contributed by atoms with Crippen molar-refractivity contribution in [2.75, 3.05) is 10.6 Å². The van der Waals surface area contributed by atoms with Gasteiger partial charge in [-0.3, -0.25) is 10.4 Å². The van der Waals surface area contributed by atoms with Crippen LogP contribution in [0.3, 0.4) is 0 Å². The molecule has 0 unspecified atom stereocenters. The Labute approximate surface area is 110 Å². The summed E-state index contributed by atoms with van der Waals surface area (Å²) in [6, 6.07) is 8.37.